The van der Waals surface area contributed by atoms with Crippen LogP contribution in [0.25, 0.3) is 0 Å². The number of benzene rings is 2. The summed E-state index contributed by atoms with van der Waals surface area (Å²) in [7, 11) is -8.55. The Morgan fingerprint density at radius 1 is 0.897 bits per heavy atom. The van der Waals surface area contributed by atoms with Crippen molar-refractivity contribution < 1.29 is 25.6 Å². The Bertz CT molecular complexity index is 1070. The molecule has 1 aliphatic rings. The van der Waals surface area contributed by atoms with E-state index in [2.05, 4.69) is 0 Å². The van der Waals surface area contributed by atoms with Gasteiger partial charge in [0.15, 0.2) is 0 Å². The Labute approximate surface area is 173 Å². The van der Waals surface area contributed by atoms with E-state index in [9.17, 15) is 25.6 Å². The number of anilines is 1. The Morgan fingerprint density at radius 3 is 2.10 bits per heavy atom. The number of hydrogen-bond acceptors (Lipinski definition) is 4. The first-order valence-corrected chi connectivity index (χ1v) is 12.1. The van der Waals surface area contributed by atoms with Crippen LogP contribution in [-0.4, -0.2) is 40.8 Å². The van der Waals surface area contributed by atoms with Crippen molar-refractivity contribution in [3.05, 3.63) is 53.6 Å². The number of sulfonamides is 2. The minimum absolute atomic E-state index is 0.0918. The molecule has 0 radical (unpaired) electrons. The number of hydrogen-bond donors (Lipinski definition) is 0. The molecule has 0 saturated carbocycles. The second kappa shape index (κ2) is 8.55. The first kappa shape index (κ1) is 21.9. The van der Waals surface area contributed by atoms with Gasteiger partial charge in [0.1, 0.15) is 0 Å². The van der Waals surface area contributed by atoms with Crippen molar-refractivity contribution in [2.24, 2.45) is 0 Å². The van der Waals surface area contributed by atoms with Crippen molar-refractivity contribution >= 4 is 37.3 Å². The molecule has 0 spiro atoms. The molecular weight excluding hydrogens is 446 g/mol. The maximum absolute atomic E-state index is 13.8. The van der Waals surface area contributed by atoms with Gasteiger partial charge in [-0.05, 0) is 55.3 Å². The van der Waals surface area contributed by atoms with Crippen molar-refractivity contribution in [2.45, 2.75) is 35.6 Å². The van der Waals surface area contributed by atoms with Crippen molar-refractivity contribution in [2.75, 3.05) is 17.4 Å². The molecule has 1 fully saturated rings. The zero-order valence-electron chi connectivity index (χ0n) is 15.2. The van der Waals surface area contributed by atoms with Gasteiger partial charge >= 0.3 is 6.55 Å². The van der Waals surface area contributed by atoms with Gasteiger partial charge in [-0.2, -0.15) is 13.1 Å². The zero-order valence-corrected chi connectivity index (χ0v) is 17.6. The van der Waals surface area contributed by atoms with Gasteiger partial charge in [0, 0.05) is 18.1 Å². The summed E-state index contributed by atoms with van der Waals surface area (Å²) in [6.45, 7) is -2.73. The molecule has 158 valence electrons. The lowest BCUT2D eigenvalue weighted by Gasteiger charge is -2.27. The summed E-state index contributed by atoms with van der Waals surface area (Å²) in [5.74, 6) is 0. The quantitative estimate of drug-likeness (QED) is 0.607. The summed E-state index contributed by atoms with van der Waals surface area (Å²) < 4.78 is 80.0. The van der Waals surface area contributed by atoms with Crippen molar-refractivity contribution in [1.29, 1.82) is 0 Å². The van der Waals surface area contributed by atoms with Crippen LogP contribution in [-0.2, 0) is 20.0 Å². The molecule has 0 unspecified atom stereocenters. The van der Waals surface area contributed by atoms with E-state index in [0.29, 0.717) is 25.9 Å². The fourth-order valence-corrected chi connectivity index (χ4v) is 6.10. The Kier molecular flexibility index (Phi) is 6.47. The first-order chi connectivity index (χ1) is 13.6. The van der Waals surface area contributed by atoms with Crippen LogP contribution in [0.4, 0.5) is 14.5 Å². The fraction of sp³-hybridized carbons (Fsp3) is 0.333. The molecule has 1 saturated heterocycles. The average molecular weight is 465 g/mol. The van der Waals surface area contributed by atoms with Crippen LogP contribution >= 0.6 is 11.6 Å². The molecule has 0 aliphatic carbocycles. The summed E-state index contributed by atoms with van der Waals surface area (Å²) >= 11 is 5.74. The van der Waals surface area contributed by atoms with Crippen LogP contribution in [0.3, 0.4) is 0 Å². The molecule has 0 N–H and O–H groups in total. The lowest BCUT2D eigenvalue weighted by Crippen LogP contribution is -2.37. The van der Waals surface area contributed by atoms with Crippen LogP contribution in [0.5, 0.6) is 0 Å². The average Bonchev–Trinajstić information content (AvgIpc) is 2.69. The first-order valence-electron chi connectivity index (χ1n) is 8.82. The summed E-state index contributed by atoms with van der Waals surface area (Å²) in [5.41, 5.74) is -0.437. The predicted molar refractivity (Wildman–Crippen MR) is 106 cm³/mol. The molecule has 0 bridgehead atoms. The van der Waals surface area contributed by atoms with Crippen molar-refractivity contribution in [1.82, 2.24) is 4.31 Å². The third kappa shape index (κ3) is 4.55. The summed E-state index contributed by atoms with van der Waals surface area (Å²) in [6.07, 6.45) is 2.35. The molecule has 0 amide bonds. The monoisotopic (exact) mass is 464 g/mol. The predicted octanol–water partition coefficient (Wildman–Crippen LogP) is 3.93. The Morgan fingerprint density at radius 2 is 1.52 bits per heavy atom. The highest BCUT2D eigenvalue weighted by Gasteiger charge is 2.33. The summed E-state index contributed by atoms with van der Waals surface area (Å²) in [4.78, 5) is -0.611. The highest BCUT2D eigenvalue weighted by molar-refractivity contribution is 7.93. The summed E-state index contributed by atoms with van der Waals surface area (Å²) in [5, 5.41) is 0.252. The van der Waals surface area contributed by atoms with Crippen molar-refractivity contribution in [3.8, 4) is 0 Å². The van der Waals surface area contributed by atoms with Gasteiger partial charge in [-0.25, -0.2) is 21.1 Å². The molecule has 0 atom stereocenters. The smallest absolute Gasteiger partial charge is 0.207 e. The van der Waals surface area contributed by atoms with Crippen molar-refractivity contribution in [3.63, 3.8) is 0 Å². The minimum Gasteiger partial charge on any atom is -0.207 e. The lowest BCUT2D eigenvalue weighted by atomic mass is 10.2. The largest absolute Gasteiger partial charge is 0.328 e. The fourth-order valence-electron chi connectivity index (χ4n) is 3.11. The maximum atomic E-state index is 13.8. The standard InChI is InChI=1S/C18H19ClF2N2O4S2/c19-14-7-9-16(10-8-14)29(26,27)23(18(20)21)15-5-4-6-17(13-15)28(24,25)22-11-2-1-3-12-22/h4-10,13,18H,1-3,11-12H2. The molecule has 1 aliphatic heterocycles. The second-order valence-corrected chi connectivity index (χ2v) is 10.7. The third-order valence-corrected chi connectivity index (χ3v) is 8.48. The Balaban J connectivity index is 2.03. The normalized spacial score (nSPS) is 16.1. The number of halogens is 3. The number of piperidine rings is 1. The van der Waals surface area contributed by atoms with Gasteiger partial charge in [-0.1, -0.05) is 24.1 Å². The van der Waals surface area contributed by atoms with Gasteiger partial charge in [0.05, 0.1) is 15.5 Å². The summed E-state index contributed by atoms with van der Waals surface area (Å²) in [6, 6.07) is 9.39. The van der Waals surface area contributed by atoms with Crippen LogP contribution in [0.1, 0.15) is 19.3 Å². The Hall–Kier alpha value is -1.75. The second-order valence-electron chi connectivity index (χ2n) is 6.49. The molecule has 0 aromatic heterocycles. The van der Waals surface area contributed by atoms with Gasteiger partial charge in [0.2, 0.25) is 10.0 Å². The molecule has 11 heteroatoms. The van der Waals surface area contributed by atoms with Gasteiger partial charge in [-0.3, -0.25) is 0 Å². The minimum atomic E-state index is -4.64. The van der Waals surface area contributed by atoms with Crippen LogP contribution in [0, 0.1) is 0 Å². The molecular formula is C18H19ClF2N2O4S2. The van der Waals surface area contributed by atoms with E-state index in [1.807, 2.05) is 0 Å². The van der Waals surface area contributed by atoms with E-state index in [4.69, 9.17) is 11.6 Å². The molecule has 1 heterocycles. The number of nitrogens with zero attached hydrogens (tertiary/aromatic N) is 2. The van der Waals surface area contributed by atoms with Gasteiger partial charge < -0.3 is 0 Å². The molecule has 6 nitrogen and oxygen atoms in total. The van der Waals surface area contributed by atoms with E-state index in [1.54, 1.807) is 0 Å². The highest BCUT2D eigenvalue weighted by Crippen LogP contribution is 2.31. The van der Waals surface area contributed by atoms with E-state index >= 15 is 0 Å². The highest BCUT2D eigenvalue weighted by atomic mass is 35.5. The van der Waals surface area contributed by atoms with Gasteiger partial charge in [-0.15, -0.1) is 0 Å². The molecule has 2 aromatic rings. The van der Waals surface area contributed by atoms with Crippen LogP contribution in [0.2, 0.25) is 5.02 Å². The van der Waals surface area contributed by atoms with E-state index in [-0.39, 0.29) is 19.1 Å². The topological polar surface area (TPSA) is 74.8 Å². The SMILES string of the molecule is O=S(=O)(c1cccc(N(C(F)F)S(=O)(=O)c2ccc(Cl)cc2)c1)N1CCCCC1. The van der Waals surface area contributed by atoms with Crippen LogP contribution < -0.4 is 4.31 Å². The van der Waals surface area contributed by atoms with Crippen LogP contribution in [0.15, 0.2) is 58.3 Å². The number of rotatable bonds is 6. The third-order valence-electron chi connectivity index (χ3n) is 4.57. The van der Waals surface area contributed by atoms with E-state index in [0.717, 1.165) is 30.7 Å². The molecule has 29 heavy (non-hydrogen) atoms. The van der Waals surface area contributed by atoms with Gasteiger partial charge in [0.25, 0.3) is 10.0 Å². The van der Waals surface area contributed by atoms with E-state index in [1.165, 1.54) is 28.6 Å². The molecule has 3 rings (SSSR count). The van der Waals surface area contributed by atoms with E-state index < -0.39 is 32.3 Å². The maximum Gasteiger partial charge on any atom is 0.328 e. The number of alkyl halides is 2. The molecule has 2 aromatic carbocycles. The lowest BCUT2D eigenvalue weighted by molar-refractivity contribution is 0.162. The zero-order chi connectivity index (χ0) is 21.2.